The molecule has 1 N–H and O–H groups in total. The van der Waals surface area contributed by atoms with Crippen molar-refractivity contribution < 1.29 is 5.11 Å². The molecule has 1 heterocycles. The summed E-state index contributed by atoms with van der Waals surface area (Å²) in [5, 5.41) is 9.73. The Morgan fingerprint density at radius 2 is 2.13 bits per heavy atom. The average Bonchev–Trinajstić information content (AvgIpc) is 2.23. The van der Waals surface area contributed by atoms with Gasteiger partial charge in [0.25, 0.3) is 0 Å². The van der Waals surface area contributed by atoms with Gasteiger partial charge in [0.2, 0.25) is 0 Å². The number of hydrogen-bond acceptors (Lipinski definition) is 2. The zero-order valence-corrected chi connectivity index (χ0v) is 9.70. The first-order valence-electron chi connectivity index (χ1n) is 5.63. The molecular weight excluding hydrogens is 186 g/mol. The molecule has 0 bridgehead atoms. The molecule has 0 fully saturated rings. The lowest BCUT2D eigenvalue weighted by atomic mass is 9.94. The predicted octanol–water partition coefficient (Wildman–Crippen LogP) is 2.51. The minimum absolute atomic E-state index is 0.317. The number of aryl methyl sites for hydroxylation is 1. The van der Waals surface area contributed by atoms with Crippen LogP contribution in [0.4, 0.5) is 5.69 Å². The van der Waals surface area contributed by atoms with Crippen molar-refractivity contribution in [3.8, 4) is 0 Å². The molecule has 2 heteroatoms. The third kappa shape index (κ3) is 1.86. The van der Waals surface area contributed by atoms with Gasteiger partial charge in [-0.25, -0.2) is 0 Å². The molecule has 2 nitrogen and oxygen atoms in total. The molecule has 0 amide bonds. The Labute approximate surface area is 91.5 Å². The van der Waals surface area contributed by atoms with Gasteiger partial charge in [-0.15, -0.1) is 0 Å². The van der Waals surface area contributed by atoms with E-state index in [4.69, 9.17) is 0 Å². The molecule has 1 aliphatic rings. The van der Waals surface area contributed by atoms with E-state index in [2.05, 4.69) is 32.0 Å². The molecule has 2 rings (SSSR count). The summed E-state index contributed by atoms with van der Waals surface area (Å²) in [6.07, 6.45) is 1.51. The van der Waals surface area contributed by atoms with E-state index >= 15 is 0 Å². The molecule has 1 aliphatic heterocycles. The maximum atomic E-state index is 9.73. The Morgan fingerprint density at radius 3 is 2.80 bits per heavy atom. The lowest BCUT2D eigenvalue weighted by Crippen LogP contribution is -2.35. The van der Waals surface area contributed by atoms with Crippen LogP contribution < -0.4 is 4.90 Å². The van der Waals surface area contributed by atoms with Crippen LogP contribution in [0.15, 0.2) is 18.2 Å². The van der Waals surface area contributed by atoms with Crippen molar-refractivity contribution in [3.05, 3.63) is 29.3 Å². The topological polar surface area (TPSA) is 23.5 Å². The standard InChI is InChI=1S/C13H19NO/c1-9(2)10-4-6-12-11(8-10)5-7-13(15)14(12)3/h4,6,8-9,13,15H,5,7H2,1-3H3. The minimum atomic E-state index is -0.317. The molecular formula is C13H19NO. The largest absolute Gasteiger partial charge is 0.374 e. The predicted molar refractivity (Wildman–Crippen MR) is 63.3 cm³/mol. The van der Waals surface area contributed by atoms with Crippen LogP contribution in [0.25, 0.3) is 0 Å². The van der Waals surface area contributed by atoms with Gasteiger partial charge in [-0.1, -0.05) is 26.0 Å². The quantitative estimate of drug-likeness (QED) is 0.761. The fraction of sp³-hybridized carbons (Fsp3) is 0.538. The van der Waals surface area contributed by atoms with Gasteiger partial charge in [0.15, 0.2) is 0 Å². The number of fused-ring (bicyclic) bond motifs is 1. The molecule has 0 saturated carbocycles. The van der Waals surface area contributed by atoms with Crippen molar-refractivity contribution in [3.63, 3.8) is 0 Å². The Kier molecular flexibility index (Phi) is 2.70. The minimum Gasteiger partial charge on any atom is -0.374 e. The van der Waals surface area contributed by atoms with E-state index in [0.717, 1.165) is 12.8 Å². The number of anilines is 1. The van der Waals surface area contributed by atoms with E-state index < -0.39 is 0 Å². The van der Waals surface area contributed by atoms with Gasteiger partial charge in [-0.2, -0.15) is 0 Å². The molecule has 1 aromatic carbocycles. The van der Waals surface area contributed by atoms with Crippen LogP contribution in [0.5, 0.6) is 0 Å². The summed E-state index contributed by atoms with van der Waals surface area (Å²) in [6.45, 7) is 4.42. The molecule has 0 aliphatic carbocycles. The van der Waals surface area contributed by atoms with Crippen molar-refractivity contribution in [1.82, 2.24) is 0 Å². The zero-order chi connectivity index (χ0) is 11.0. The fourth-order valence-corrected chi connectivity index (χ4v) is 2.15. The molecule has 0 saturated heterocycles. The van der Waals surface area contributed by atoms with Gasteiger partial charge in [-0.05, 0) is 36.0 Å². The Morgan fingerprint density at radius 1 is 1.40 bits per heavy atom. The summed E-state index contributed by atoms with van der Waals surface area (Å²) in [6, 6.07) is 6.58. The summed E-state index contributed by atoms with van der Waals surface area (Å²) in [4.78, 5) is 1.96. The lowest BCUT2D eigenvalue weighted by molar-refractivity contribution is 0.160. The smallest absolute Gasteiger partial charge is 0.126 e. The van der Waals surface area contributed by atoms with Gasteiger partial charge in [-0.3, -0.25) is 0 Å². The first-order chi connectivity index (χ1) is 7.09. The van der Waals surface area contributed by atoms with Gasteiger partial charge < -0.3 is 10.0 Å². The van der Waals surface area contributed by atoms with Crippen LogP contribution in [-0.2, 0) is 6.42 Å². The Balaban J connectivity index is 2.38. The van der Waals surface area contributed by atoms with Crippen LogP contribution in [0.1, 0.15) is 37.3 Å². The highest BCUT2D eigenvalue weighted by Gasteiger charge is 2.21. The van der Waals surface area contributed by atoms with E-state index in [9.17, 15) is 5.11 Å². The summed E-state index contributed by atoms with van der Waals surface area (Å²) in [5.74, 6) is 0.576. The molecule has 1 aromatic rings. The van der Waals surface area contributed by atoms with Crippen LogP contribution in [-0.4, -0.2) is 18.4 Å². The second-order valence-electron chi connectivity index (χ2n) is 4.67. The molecule has 0 radical (unpaired) electrons. The maximum Gasteiger partial charge on any atom is 0.126 e. The fourth-order valence-electron chi connectivity index (χ4n) is 2.15. The monoisotopic (exact) mass is 205 g/mol. The SMILES string of the molecule is CC(C)c1ccc2c(c1)CCC(O)N2C. The molecule has 15 heavy (non-hydrogen) atoms. The second-order valence-corrected chi connectivity index (χ2v) is 4.67. The molecule has 1 atom stereocenters. The highest BCUT2D eigenvalue weighted by molar-refractivity contribution is 5.57. The van der Waals surface area contributed by atoms with E-state index in [1.807, 2.05) is 11.9 Å². The van der Waals surface area contributed by atoms with Crippen molar-refractivity contribution >= 4 is 5.69 Å². The maximum absolute atomic E-state index is 9.73. The lowest BCUT2D eigenvalue weighted by Gasteiger charge is -2.33. The number of nitrogens with zero attached hydrogens (tertiary/aromatic N) is 1. The number of rotatable bonds is 1. The van der Waals surface area contributed by atoms with E-state index in [-0.39, 0.29) is 6.23 Å². The summed E-state index contributed by atoms with van der Waals surface area (Å²) in [7, 11) is 1.96. The van der Waals surface area contributed by atoms with Crippen LogP contribution in [0.2, 0.25) is 0 Å². The van der Waals surface area contributed by atoms with E-state index in [1.165, 1.54) is 16.8 Å². The van der Waals surface area contributed by atoms with Gasteiger partial charge in [0, 0.05) is 12.7 Å². The van der Waals surface area contributed by atoms with E-state index in [0.29, 0.717) is 5.92 Å². The molecule has 0 spiro atoms. The van der Waals surface area contributed by atoms with Crippen molar-refractivity contribution in [2.24, 2.45) is 0 Å². The molecule has 82 valence electrons. The van der Waals surface area contributed by atoms with Crippen LogP contribution >= 0.6 is 0 Å². The Hall–Kier alpha value is -1.02. The summed E-state index contributed by atoms with van der Waals surface area (Å²) < 4.78 is 0. The highest BCUT2D eigenvalue weighted by atomic mass is 16.3. The second kappa shape index (κ2) is 3.86. The third-order valence-electron chi connectivity index (χ3n) is 3.27. The van der Waals surface area contributed by atoms with Crippen molar-refractivity contribution in [2.45, 2.75) is 38.8 Å². The number of aliphatic hydroxyl groups excluding tert-OH is 1. The summed E-state index contributed by atoms with van der Waals surface area (Å²) >= 11 is 0. The average molecular weight is 205 g/mol. The number of hydrogen-bond donors (Lipinski definition) is 1. The number of benzene rings is 1. The molecule has 0 aromatic heterocycles. The third-order valence-corrected chi connectivity index (χ3v) is 3.27. The van der Waals surface area contributed by atoms with Gasteiger partial charge in [0.1, 0.15) is 6.23 Å². The first kappa shape index (κ1) is 10.5. The first-order valence-corrected chi connectivity index (χ1v) is 5.63. The van der Waals surface area contributed by atoms with Crippen molar-refractivity contribution in [1.29, 1.82) is 0 Å². The summed E-state index contributed by atoms with van der Waals surface area (Å²) in [5.41, 5.74) is 3.94. The van der Waals surface area contributed by atoms with Crippen LogP contribution in [0, 0.1) is 0 Å². The number of aliphatic hydroxyl groups is 1. The highest BCUT2D eigenvalue weighted by Crippen LogP contribution is 2.31. The van der Waals surface area contributed by atoms with Crippen molar-refractivity contribution in [2.75, 3.05) is 11.9 Å². The normalized spacial score (nSPS) is 20.6. The molecule has 1 unspecified atom stereocenters. The Bertz CT molecular complexity index is 360. The van der Waals surface area contributed by atoms with Crippen LogP contribution in [0.3, 0.4) is 0 Å². The zero-order valence-electron chi connectivity index (χ0n) is 9.70. The van der Waals surface area contributed by atoms with Gasteiger partial charge >= 0.3 is 0 Å². The van der Waals surface area contributed by atoms with Gasteiger partial charge in [0.05, 0.1) is 0 Å². The van der Waals surface area contributed by atoms with E-state index in [1.54, 1.807) is 0 Å².